The number of rotatable bonds is 3. The van der Waals surface area contributed by atoms with Gasteiger partial charge in [0.25, 0.3) is 0 Å². The van der Waals surface area contributed by atoms with Crippen LogP contribution in [0.15, 0.2) is 0 Å². The van der Waals surface area contributed by atoms with Gasteiger partial charge in [0.15, 0.2) is 0 Å². The molecule has 0 radical (unpaired) electrons. The Kier molecular flexibility index (Phi) is 3.52. The minimum absolute atomic E-state index is 0.860. The van der Waals surface area contributed by atoms with Crippen LogP contribution in [0.2, 0.25) is 0 Å². The molecular weight excluding hydrogens is 167 g/mol. The average Bonchev–Trinajstić information content (AvgIpc) is 1.59. The molecule has 0 heterocycles. The monoisotopic (exact) mass is 174 g/mol. The molecule has 0 aliphatic heterocycles. The molecule has 0 bridgehead atoms. The van der Waals surface area contributed by atoms with Gasteiger partial charge in [-0.15, -0.1) is 0 Å². The summed E-state index contributed by atoms with van der Waals surface area (Å²) in [5.41, 5.74) is 0. The summed E-state index contributed by atoms with van der Waals surface area (Å²) in [6.07, 6.45) is -0.860. The third kappa shape index (κ3) is 8.25. The lowest BCUT2D eigenvalue weighted by Crippen LogP contribution is -2.40. The molecule has 0 spiro atoms. The Morgan fingerprint density at radius 2 is 1.89 bits per heavy atom. The van der Waals surface area contributed by atoms with Gasteiger partial charge in [0.2, 0.25) is 0 Å². The first-order valence-electron chi connectivity index (χ1n) is 1.94. The summed E-state index contributed by atoms with van der Waals surface area (Å²) in [4.78, 5) is 32.4. The van der Waals surface area contributed by atoms with Crippen molar-refractivity contribution in [2.45, 2.75) is 0 Å². The van der Waals surface area contributed by atoms with E-state index < -0.39 is 23.3 Å². The average molecular weight is 174 g/mol. The van der Waals surface area contributed by atoms with E-state index in [2.05, 4.69) is 4.52 Å². The minimum atomic E-state index is -4.28. The standard InChI is InChI=1S/CH7O6PSi/c2-8(3)7-1-9(4,5)6/h4-6,8H,1H2,(H,2,3). The number of hydrogen-bond acceptors (Lipinski definition) is 5. The molecule has 56 valence electrons. The van der Waals surface area contributed by atoms with Gasteiger partial charge in [0, 0.05) is 0 Å². The summed E-state index contributed by atoms with van der Waals surface area (Å²) in [6.45, 7) is 0. The van der Waals surface area contributed by atoms with Gasteiger partial charge in [-0.25, -0.2) is 0 Å². The SMILES string of the molecule is O=[PH](O)OC[Si](O)(O)O. The van der Waals surface area contributed by atoms with Crippen LogP contribution in [0.25, 0.3) is 0 Å². The predicted molar refractivity (Wildman–Crippen MR) is 29.6 cm³/mol. The fraction of sp³-hybridized carbons (Fsp3) is 1.00. The Bertz CT molecular complexity index is 106. The molecular formula is CH7O6PSi. The Hall–Kier alpha value is 0.247. The molecule has 6 nitrogen and oxygen atoms in total. The zero-order valence-corrected chi connectivity index (χ0v) is 6.31. The van der Waals surface area contributed by atoms with Gasteiger partial charge in [-0.05, 0) is 0 Å². The molecule has 0 saturated heterocycles. The molecule has 0 aliphatic rings. The maximum atomic E-state index is 9.70. The first-order valence-corrected chi connectivity index (χ1v) is 5.26. The molecule has 1 atom stereocenters. The lowest BCUT2D eigenvalue weighted by Gasteiger charge is -2.06. The lowest BCUT2D eigenvalue weighted by molar-refractivity contribution is 0.179. The topological polar surface area (TPSA) is 107 Å². The van der Waals surface area contributed by atoms with E-state index in [0.29, 0.717) is 0 Å². The molecule has 0 aromatic rings. The van der Waals surface area contributed by atoms with E-state index in [-0.39, 0.29) is 0 Å². The van der Waals surface area contributed by atoms with Crippen LogP contribution in [-0.2, 0) is 9.09 Å². The van der Waals surface area contributed by atoms with Gasteiger partial charge in [-0.2, -0.15) is 0 Å². The predicted octanol–water partition coefficient (Wildman–Crippen LogP) is -2.16. The van der Waals surface area contributed by atoms with E-state index in [0.717, 1.165) is 0 Å². The Balaban J connectivity index is 3.39. The molecule has 0 aromatic heterocycles. The summed E-state index contributed by atoms with van der Waals surface area (Å²) in [5.74, 6) is 0. The maximum Gasteiger partial charge on any atom is 0.520 e. The summed E-state index contributed by atoms with van der Waals surface area (Å²) >= 11 is 0. The minimum Gasteiger partial charge on any atom is -0.389 e. The summed E-state index contributed by atoms with van der Waals surface area (Å²) < 4.78 is 13.5. The second kappa shape index (κ2) is 3.42. The Labute approximate surface area is 52.7 Å². The highest BCUT2D eigenvalue weighted by Crippen LogP contribution is 2.14. The smallest absolute Gasteiger partial charge is 0.389 e. The highest BCUT2D eigenvalue weighted by atomic mass is 31.1. The van der Waals surface area contributed by atoms with Crippen molar-refractivity contribution >= 4 is 17.1 Å². The van der Waals surface area contributed by atoms with Crippen LogP contribution in [0.3, 0.4) is 0 Å². The van der Waals surface area contributed by atoms with E-state index in [4.69, 9.17) is 19.3 Å². The maximum absolute atomic E-state index is 9.70. The van der Waals surface area contributed by atoms with E-state index in [1.807, 2.05) is 0 Å². The summed E-state index contributed by atoms with van der Waals surface area (Å²) in [6, 6.07) is 0. The zero-order valence-electron chi connectivity index (χ0n) is 4.31. The second-order valence-electron chi connectivity index (χ2n) is 1.33. The van der Waals surface area contributed by atoms with Crippen molar-refractivity contribution in [1.82, 2.24) is 0 Å². The van der Waals surface area contributed by atoms with Gasteiger partial charge in [0.1, 0.15) is 6.23 Å². The molecule has 0 amide bonds. The van der Waals surface area contributed by atoms with Crippen molar-refractivity contribution in [3.05, 3.63) is 0 Å². The summed E-state index contributed by atoms with van der Waals surface area (Å²) in [5, 5.41) is 0. The Morgan fingerprint density at radius 3 is 2.00 bits per heavy atom. The van der Waals surface area contributed by atoms with E-state index in [1.165, 1.54) is 0 Å². The molecule has 0 fully saturated rings. The summed E-state index contributed by atoms with van der Waals surface area (Å²) in [7, 11) is -7.44. The molecule has 9 heavy (non-hydrogen) atoms. The van der Waals surface area contributed by atoms with Crippen molar-refractivity contribution in [3.63, 3.8) is 0 Å². The highest BCUT2D eigenvalue weighted by Gasteiger charge is 2.27. The van der Waals surface area contributed by atoms with Crippen molar-refractivity contribution in [3.8, 4) is 0 Å². The molecule has 4 N–H and O–H groups in total. The van der Waals surface area contributed by atoms with Crippen LogP contribution in [0.1, 0.15) is 0 Å². The molecule has 0 saturated carbocycles. The van der Waals surface area contributed by atoms with Crippen molar-refractivity contribution in [2.75, 3.05) is 6.23 Å². The Morgan fingerprint density at radius 1 is 1.44 bits per heavy atom. The van der Waals surface area contributed by atoms with Gasteiger partial charge in [-0.1, -0.05) is 0 Å². The second-order valence-corrected chi connectivity index (χ2v) is 3.99. The largest absolute Gasteiger partial charge is 0.520 e. The third-order valence-electron chi connectivity index (χ3n) is 0.389. The molecule has 1 unspecified atom stereocenters. The highest BCUT2D eigenvalue weighted by molar-refractivity contribution is 7.32. The van der Waals surface area contributed by atoms with Crippen molar-refractivity contribution in [1.29, 1.82) is 0 Å². The van der Waals surface area contributed by atoms with E-state index in [9.17, 15) is 4.57 Å². The molecule has 8 heteroatoms. The van der Waals surface area contributed by atoms with Crippen LogP contribution >= 0.6 is 8.25 Å². The lowest BCUT2D eigenvalue weighted by atomic mass is 11.7. The van der Waals surface area contributed by atoms with Gasteiger partial charge < -0.3 is 23.8 Å². The van der Waals surface area contributed by atoms with Crippen LogP contribution in [0.5, 0.6) is 0 Å². The number of hydrogen-bond donors (Lipinski definition) is 4. The van der Waals surface area contributed by atoms with Crippen molar-refractivity contribution < 1.29 is 28.4 Å². The van der Waals surface area contributed by atoms with Crippen LogP contribution in [-0.4, -0.2) is 34.3 Å². The van der Waals surface area contributed by atoms with E-state index >= 15 is 0 Å². The van der Waals surface area contributed by atoms with Gasteiger partial charge in [-0.3, -0.25) is 4.57 Å². The van der Waals surface area contributed by atoms with Crippen molar-refractivity contribution in [2.24, 2.45) is 0 Å². The normalized spacial score (nSPS) is 15.6. The molecule has 0 aliphatic carbocycles. The first kappa shape index (κ1) is 9.25. The fourth-order valence-corrected chi connectivity index (χ4v) is 1.43. The van der Waals surface area contributed by atoms with E-state index in [1.54, 1.807) is 0 Å². The zero-order chi connectivity index (χ0) is 7.49. The fourth-order valence-electron chi connectivity index (χ4n) is 0.159. The first-order chi connectivity index (χ1) is 3.92. The third-order valence-corrected chi connectivity index (χ3v) is 1.60. The van der Waals surface area contributed by atoms with Gasteiger partial charge >= 0.3 is 17.1 Å². The quantitative estimate of drug-likeness (QED) is 0.287. The van der Waals surface area contributed by atoms with Gasteiger partial charge in [0.05, 0.1) is 0 Å². The molecule has 0 aromatic carbocycles. The van der Waals surface area contributed by atoms with Crippen LogP contribution < -0.4 is 0 Å². The molecule has 0 rings (SSSR count). The van der Waals surface area contributed by atoms with Crippen LogP contribution in [0.4, 0.5) is 0 Å². The van der Waals surface area contributed by atoms with Crippen LogP contribution in [0, 0.1) is 0 Å².